The van der Waals surface area contributed by atoms with Crippen molar-refractivity contribution in [1.82, 2.24) is 4.90 Å². The summed E-state index contributed by atoms with van der Waals surface area (Å²) in [5, 5.41) is 2.87. The van der Waals surface area contributed by atoms with Gasteiger partial charge in [-0.05, 0) is 25.0 Å². The molecule has 7 heteroatoms. The van der Waals surface area contributed by atoms with Gasteiger partial charge in [0, 0.05) is 13.1 Å². The van der Waals surface area contributed by atoms with Gasteiger partial charge >= 0.3 is 0 Å². The van der Waals surface area contributed by atoms with E-state index in [4.69, 9.17) is 4.74 Å². The number of nitrogens with zero attached hydrogens (tertiary/aromatic N) is 2. The van der Waals surface area contributed by atoms with Crippen molar-refractivity contribution in [3.05, 3.63) is 36.4 Å². The third kappa shape index (κ3) is 3.47. The number of fused-ring (bicyclic) bond motifs is 1. The zero-order valence-electron chi connectivity index (χ0n) is 15.1. The van der Waals surface area contributed by atoms with E-state index in [0.29, 0.717) is 31.7 Å². The zero-order chi connectivity index (χ0) is 18.8. The van der Waals surface area contributed by atoms with Gasteiger partial charge in [0.25, 0.3) is 0 Å². The van der Waals surface area contributed by atoms with Crippen LogP contribution in [0.25, 0.3) is 0 Å². The number of hydrogen-bond acceptors (Lipinski definition) is 5. The highest BCUT2D eigenvalue weighted by Gasteiger charge is 2.47. The average Bonchev–Trinajstić information content (AvgIpc) is 2.94. The number of para-hydroxylation sites is 2. The first-order valence-electron chi connectivity index (χ1n) is 9.37. The van der Waals surface area contributed by atoms with Gasteiger partial charge in [0.15, 0.2) is 0 Å². The summed E-state index contributed by atoms with van der Waals surface area (Å²) in [7, 11) is 0. The molecule has 2 saturated heterocycles. The van der Waals surface area contributed by atoms with Crippen molar-refractivity contribution in [3.63, 3.8) is 0 Å². The van der Waals surface area contributed by atoms with Crippen LogP contribution in [0.2, 0.25) is 0 Å². The summed E-state index contributed by atoms with van der Waals surface area (Å²) in [5.74, 6) is -1.44. The van der Waals surface area contributed by atoms with Crippen LogP contribution >= 0.6 is 0 Å². The second kappa shape index (κ2) is 7.52. The van der Waals surface area contributed by atoms with Gasteiger partial charge in [0.1, 0.15) is 6.54 Å². The molecule has 2 fully saturated rings. The van der Waals surface area contributed by atoms with Crippen molar-refractivity contribution in [3.8, 4) is 0 Å². The first-order chi connectivity index (χ1) is 13.1. The fourth-order valence-corrected chi connectivity index (χ4v) is 4.02. The van der Waals surface area contributed by atoms with Crippen LogP contribution in [-0.2, 0) is 19.1 Å². The number of ether oxygens (including phenoxy) is 1. The molecule has 7 nitrogen and oxygen atoms in total. The number of morpholine rings is 1. The molecule has 1 N–H and O–H groups in total. The zero-order valence-corrected chi connectivity index (χ0v) is 15.1. The number of nitrogens with one attached hydrogen (secondary N) is 1. The monoisotopic (exact) mass is 369 g/mol. The Bertz CT molecular complexity index is 759. The lowest BCUT2D eigenvalue weighted by atomic mass is 9.85. The number of amides is 3. The largest absolute Gasteiger partial charge is 0.378 e. The molecule has 2 atom stereocenters. The third-order valence-electron chi connectivity index (χ3n) is 5.43. The number of likely N-dealkylation sites (tertiary alicyclic amines) is 1. The summed E-state index contributed by atoms with van der Waals surface area (Å²) in [4.78, 5) is 40.9. The average molecular weight is 369 g/mol. The van der Waals surface area contributed by atoms with E-state index >= 15 is 0 Å². The Morgan fingerprint density at radius 2 is 1.67 bits per heavy atom. The van der Waals surface area contributed by atoms with Gasteiger partial charge in [-0.25, -0.2) is 0 Å². The molecule has 2 unspecified atom stereocenters. The van der Waals surface area contributed by atoms with Crippen molar-refractivity contribution >= 4 is 29.1 Å². The van der Waals surface area contributed by atoms with E-state index in [-0.39, 0.29) is 36.1 Å². The van der Waals surface area contributed by atoms with E-state index in [1.807, 2.05) is 36.4 Å². The SMILES string of the molecule is O=C(CN1C(=O)C2CC=CCC2C1=O)Nc1ccccc1N1CCOCC1. The van der Waals surface area contributed by atoms with Crippen LogP contribution < -0.4 is 10.2 Å². The van der Waals surface area contributed by atoms with E-state index in [2.05, 4.69) is 10.2 Å². The highest BCUT2D eigenvalue weighted by atomic mass is 16.5. The van der Waals surface area contributed by atoms with Crippen LogP contribution in [0.4, 0.5) is 11.4 Å². The first kappa shape index (κ1) is 17.7. The Labute approximate surface area is 158 Å². The Morgan fingerprint density at radius 3 is 2.33 bits per heavy atom. The molecule has 27 heavy (non-hydrogen) atoms. The smallest absolute Gasteiger partial charge is 0.244 e. The Morgan fingerprint density at radius 1 is 1.04 bits per heavy atom. The molecule has 0 radical (unpaired) electrons. The van der Waals surface area contributed by atoms with E-state index in [9.17, 15) is 14.4 Å². The molecule has 2 heterocycles. The summed E-state index contributed by atoms with van der Waals surface area (Å²) in [6.45, 7) is 2.58. The van der Waals surface area contributed by atoms with Gasteiger partial charge in [0.2, 0.25) is 17.7 Å². The fourth-order valence-electron chi connectivity index (χ4n) is 4.02. The number of carbonyl (C=O) groups excluding carboxylic acids is 3. The molecular formula is C20H23N3O4. The van der Waals surface area contributed by atoms with E-state index in [1.54, 1.807) is 0 Å². The summed E-state index contributed by atoms with van der Waals surface area (Å²) in [6, 6.07) is 7.56. The molecule has 4 rings (SSSR count). The number of anilines is 2. The maximum atomic E-state index is 12.6. The topological polar surface area (TPSA) is 79.0 Å². The van der Waals surface area contributed by atoms with Crippen molar-refractivity contribution < 1.29 is 19.1 Å². The molecule has 0 spiro atoms. The predicted octanol–water partition coefficient (Wildman–Crippen LogP) is 1.41. The first-order valence-corrected chi connectivity index (χ1v) is 9.37. The number of rotatable bonds is 4. The minimum Gasteiger partial charge on any atom is -0.378 e. The lowest BCUT2D eigenvalue weighted by molar-refractivity contribution is -0.142. The highest BCUT2D eigenvalue weighted by Crippen LogP contribution is 2.35. The van der Waals surface area contributed by atoms with Crippen LogP contribution in [0, 0.1) is 11.8 Å². The molecule has 142 valence electrons. The number of hydrogen-bond donors (Lipinski definition) is 1. The van der Waals surface area contributed by atoms with Gasteiger partial charge < -0.3 is 15.0 Å². The van der Waals surface area contributed by atoms with Crippen molar-refractivity contribution in [2.45, 2.75) is 12.8 Å². The number of carbonyl (C=O) groups is 3. The Balaban J connectivity index is 1.44. The predicted molar refractivity (Wildman–Crippen MR) is 100 cm³/mol. The van der Waals surface area contributed by atoms with Crippen LogP contribution in [0.5, 0.6) is 0 Å². The standard InChI is InChI=1S/C20H23N3O4/c24-18(13-23-19(25)14-5-1-2-6-15(14)20(23)26)21-16-7-3-4-8-17(16)22-9-11-27-12-10-22/h1-4,7-8,14-15H,5-6,9-13H2,(H,21,24). The molecule has 1 aromatic rings. The van der Waals surface area contributed by atoms with Crippen molar-refractivity contribution in [2.75, 3.05) is 43.1 Å². The second-order valence-electron chi connectivity index (χ2n) is 7.08. The van der Waals surface area contributed by atoms with E-state index in [1.165, 1.54) is 0 Å². The van der Waals surface area contributed by atoms with Crippen LogP contribution in [0.3, 0.4) is 0 Å². The Hall–Kier alpha value is -2.67. The fraction of sp³-hybridized carbons (Fsp3) is 0.450. The van der Waals surface area contributed by atoms with E-state index < -0.39 is 0 Å². The molecule has 0 saturated carbocycles. The van der Waals surface area contributed by atoms with Gasteiger partial charge in [-0.2, -0.15) is 0 Å². The molecule has 2 aliphatic heterocycles. The summed E-state index contributed by atoms with van der Waals surface area (Å²) >= 11 is 0. The minimum absolute atomic E-state index is 0.231. The summed E-state index contributed by atoms with van der Waals surface area (Å²) in [5.41, 5.74) is 1.61. The Kier molecular flexibility index (Phi) is 4.94. The minimum atomic E-state index is -0.357. The quantitative estimate of drug-likeness (QED) is 0.641. The molecule has 1 aliphatic carbocycles. The maximum absolute atomic E-state index is 12.6. The van der Waals surface area contributed by atoms with Gasteiger partial charge in [-0.3, -0.25) is 19.3 Å². The number of allylic oxidation sites excluding steroid dienone is 2. The van der Waals surface area contributed by atoms with Gasteiger partial charge in [-0.15, -0.1) is 0 Å². The van der Waals surface area contributed by atoms with Crippen molar-refractivity contribution in [1.29, 1.82) is 0 Å². The summed E-state index contributed by atoms with van der Waals surface area (Å²) < 4.78 is 5.39. The van der Waals surface area contributed by atoms with Gasteiger partial charge in [0.05, 0.1) is 36.4 Å². The normalized spacial score (nSPS) is 24.9. The lowest BCUT2D eigenvalue weighted by Crippen LogP contribution is -2.39. The third-order valence-corrected chi connectivity index (χ3v) is 5.43. The highest BCUT2D eigenvalue weighted by molar-refractivity contribution is 6.09. The van der Waals surface area contributed by atoms with Crippen LogP contribution in [0.1, 0.15) is 12.8 Å². The number of benzene rings is 1. The molecular weight excluding hydrogens is 346 g/mol. The molecule has 1 aromatic carbocycles. The van der Waals surface area contributed by atoms with Crippen LogP contribution in [0.15, 0.2) is 36.4 Å². The lowest BCUT2D eigenvalue weighted by Gasteiger charge is -2.30. The van der Waals surface area contributed by atoms with Crippen LogP contribution in [-0.4, -0.2) is 55.5 Å². The second-order valence-corrected chi connectivity index (χ2v) is 7.08. The molecule has 0 bridgehead atoms. The summed E-state index contributed by atoms with van der Waals surface area (Å²) in [6.07, 6.45) is 5.03. The molecule has 0 aromatic heterocycles. The maximum Gasteiger partial charge on any atom is 0.244 e. The molecule has 3 amide bonds. The van der Waals surface area contributed by atoms with E-state index in [0.717, 1.165) is 23.7 Å². The van der Waals surface area contributed by atoms with Crippen molar-refractivity contribution in [2.24, 2.45) is 11.8 Å². The molecule has 3 aliphatic rings. The number of imide groups is 1. The van der Waals surface area contributed by atoms with Gasteiger partial charge in [-0.1, -0.05) is 24.3 Å².